The lowest BCUT2D eigenvalue weighted by Gasteiger charge is -2.13. The maximum atomic E-state index is 13.4. The first kappa shape index (κ1) is 29.0. The fraction of sp³-hybridized carbons (Fsp3) is 0.0606. The van der Waals surface area contributed by atoms with Crippen LogP contribution in [0.5, 0.6) is 11.5 Å². The van der Waals surface area contributed by atoms with Crippen LogP contribution < -0.4 is 20.1 Å². The van der Waals surface area contributed by atoms with Crippen LogP contribution in [0.15, 0.2) is 113 Å². The Morgan fingerprint density at radius 1 is 0.780 bits per heavy atom. The minimum absolute atomic E-state index is 0.0116. The lowest BCUT2D eigenvalue weighted by molar-refractivity contribution is -0.113. The van der Waals surface area contributed by atoms with Crippen LogP contribution in [0, 0.1) is 0 Å². The van der Waals surface area contributed by atoms with E-state index in [-0.39, 0.29) is 11.5 Å². The molecule has 0 spiro atoms. The number of hydrogen-bond acceptors (Lipinski definition) is 5. The summed E-state index contributed by atoms with van der Waals surface area (Å²) in [5.41, 5.74) is 2.71. The van der Waals surface area contributed by atoms with Crippen LogP contribution in [-0.4, -0.2) is 31.8 Å². The number of ether oxygens (including phenoxy) is 2. The fourth-order valence-corrected chi connectivity index (χ4v) is 4.26. The van der Waals surface area contributed by atoms with Crippen LogP contribution >= 0.6 is 15.9 Å². The van der Waals surface area contributed by atoms with E-state index in [1.807, 2.05) is 24.3 Å². The van der Waals surface area contributed by atoms with Gasteiger partial charge in [-0.05, 0) is 84.4 Å². The molecule has 8 heteroatoms. The Bertz CT molecular complexity index is 1610. The molecule has 0 radical (unpaired) electrons. The highest BCUT2D eigenvalue weighted by molar-refractivity contribution is 9.10. The third kappa shape index (κ3) is 8.03. The second-order valence-corrected chi connectivity index (χ2v) is 9.69. The largest absolute Gasteiger partial charge is 0.497 e. The lowest BCUT2D eigenvalue weighted by Crippen LogP contribution is -2.30. The van der Waals surface area contributed by atoms with E-state index >= 15 is 0 Å². The normalized spacial score (nSPS) is 11.1. The van der Waals surface area contributed by atoms with Gasteiger partial charge >= 0.3 is 0 Å². The molecule has 4 rings (SSSR count). The Kier molecular flexibility index (Phi) is 9.85. The lowest BCUT2D eigenvalue weighted by atomic mass is 10.1. The van der Waals surface area contributed by atoms with Gasteiger partial charge in [0.2, 0.25) is 0 Å². The number of ketones is 1. The Balaban J connectivity index is 1.55. The zero-order chi connectivity index (χ0) is 29.2. The molecule has 0 bridgehead atoms. The van der Waals surface area contributed by atoms with Crippen LogP contribution in [-0.2, 0) is 4.79 Å². The molecule has 7 nitrogen and oxygen atoms in total. The van der Waals surface area contributed by atoms with Gasteiger partial charge < -0.3 is 20.1 Å². The SMILES string of the molecule is COc1ccc(OC)c(/C=C(\NC(=O)c2ccccc2)C(=O)Nc2ccc(C(=O)/C=C/c3cccc(Br)c3)cc2)c1. The van der Waals surface area contributed by atoms with E-state index in [1.165, 1.54) is 26.4 Å². The van der Waals surface area contributed by atoms with E-state index in [4.69, 9.17) is 9.47 Å². The van der Waals surface area contributed by atoms with Crippen molar-refractivity contribution < 1.29 is 23.9 Å². The molecule has 2 amide bonds. The number of methoxy groups -OCH3 is 2. The molecule has 206 valence electrons. The van der Waals surface area contributed by atoms with Crippen molar-refractivity contribution >= 4 is 51.4 Å². The summed E-state index contributed by atoms with van der Waals surface area (Å²) in [6.07, 6.45) is 4.75. The molecule has 41 heavy (non-hydrogen) atoms. The molecule has 4 aromatic carbocycles. The number of benzene rings is 4. The van der Waals surface area contributed by atoms with Gasteiger partial charge in [0, 0.05) is 26.9 Å². The smallest absolute Gasteiger partial charge is 0.272 e. The second-order valence-electron chi connectivity index (χ2n) is 8.77. The first-order valence-electron chi connectivity index (χ1n) is 12.6. The molecule has 0 saturated carbocycles. The Morgan fingerprint density at radius 3 is 2.22 bits per heavy atom. The molecule has 0 aromatic heterocycles. The van der Waals surface area contributed by atoms with Gasteiger partial charge in [0.25, 0.3) is 11.8 Å². The van der Waals surface area contributed by atoms with Crippen molar-refractivity contribution in [2.24, 2.45) is 0 Å². The summed E-state index contributed by atoms with van der Waals surface area (Å²) in [5.74, 6) is -0.146. The standard InChI is InChI=1S/C33H27BrN2O5/c1-40-28-16-18-31(41-2)25(20-28)21-29(36-32(38)24-8-4-3-5-9-24)33(39)35-27-14-12-23(13-15-27)30(37)17-11-22-7-6-10-26(34)19-22/h3-21H,1-2H3,(H,35,39)(H,36,38)/b17-11+,29-21-. The van der Waals surface area contributed by atoms with Crippen molar-refractivity contribution in [1.82, 2.24) is 5.32 Å². The molecular weight excluding hydrogens is 584 g/mol. The highest BCUT2D eigenvalue weighted by Gasteiger charge is 2.17. The van der Waals surface area contributed by atoms with Gasteiger partial charge in [-0.3, -0.25) is 14.4 Å². The third-order valence-corrected chi connectivity index (χ3v) is 6.46. The third-order valence-electron chi connectivity index (χ3n) is 5.97. The quantitative estimate of drug-likeness (QED) is 0.153. The van der Waals surface area contributed by atoms with Crippen molar-refractivity contribution in [2.75, 3.05) is 19.5 Å². The average molecular weight is 611 g/mol. The average Bonchev–Trinajstić information content (AvgIpc) is 3.00. The predicted molar refractivity (Wildman–Crippen MR) is 164 cm³/mol. The van der Waals surface area contributed by atoms with Gasteiger partial charge in [-0.2, -0.15) is 0 Å². The Hall–Kier alpha value is -4.95. The van der Waals surface area contributed by atoms with E-state index in [0.717, 1.165) is 10.0 Å². The topological polar surface area (TPSA) is 93.7 Å². The van der Waals surface area contributed by atoms with Crippen LogP contribution in [0.25, 0.3) is 12.2 Å². The summed E-state index contributed by atoms with van der Waals surface area (Å²) < 4.78 is 11.7. The molecule has 0 aliphatic heterocycles. The van der Waals surface area contributed by atoms with Gasteiger partial charge in [0.1, 0.15) is 17.2 Å². The van der Waals surface area contributed by atoms with Gasteiger partial charge in [0.05, 0.1) is 14.2 Å². The molecule has 0 aliphatic rings. The number of halogens is 1. The molecule has 0 unspecified atom stereocenters. The first-order chi connectivity index (χ1) is 19.9. The molecule has 0 fully saturated rings. The summed E-state index contributed by atoms with van der Waals surface area (Å²) in [4.78, 5) is 39.0. The van der Waals surface area contributed by atoms with Crippen LogP contribution in [0.4, 0.5) is 5.69 Å². The maximum Gasteiger partial charge on any atom is 0.272 e. The van der Waals surface area contributed by atoms with E-state index < -0.39 is 11.8 Å². The van der Waals surface area contributed by atoms with E-state index in [1.54, 1.807) is 78.9 Å². The second kappa shape index (κ2) is 13.9. The van der Waals surface area contributed by atoms with Crippen molar-refractivity contribution in [1.29, 1.82) is 0 Å². The monoisotopic (exact) mass is 610 g/mol. The predicted octanol–water partition coefficient (Wildman–Crippen LogP) is 6.77. The molecule has 0 atom stereocenters. The zero-order valence-electron chi connectivity index (χ0n) is 22.4. The number of carbonyl (C=O) groups is 3. The number of carbonyl (C=O) groups excluding carboxylic acids is 3. The minimum atomic E-state index is -0.562. The number of rotatable bonds is 10. The molecule has 0 aliphatic carbocycles. The van der Waals surface area contributed by atoms with Crippen molar-refractivity contribution in [3.63, 3.8) is 0 Å². The molecular formula is C33H27BrN2O5. The number of anilines is 1. The number of amides is 2. The summed E-state index contributed by atoms with van der Waals surface area (Å²) in [7, 11) is 3.04. The van der Waals surface area contributed by atoms with Gasteiger partial charge in [-0.15, -0.1) is 0 Å². The number of hydrogen-bond donors (Lipinski definition) is 2. The summed E-state index contributed by atoms with van der Waals surface area (Å²) in [6.45, 7) is 0. The van der Waals surface area contributed by atoms with Crippen molar-refractivity contribution in [3.8, 4) is 11.5 Å². The van der Waals surface area contributed by atoms with Crippen molar-refractivity contribution in [2.45, 2.75) is 0 Å². The van der Waals surface area contributed by atoms with E-state index in [2.05, 4.69) is 26.6 Å². The summed E-state index contributed by atoms with van der Waals surface area (Å²) >= 11 is 3.42. The minimum Gasteiger partial charge on any atom is -0.497 e. The van der Waals surface area contributed by atoms with E-state index in [9.17, 15) is 14.4 Å². The van der Waals surface area contributed by atoms with E-state index in [0.29, 0.717) is 33.9 Å². The van der Waals surface area contributed by atoms with Gasteiger partial charge in [0.15, 0.2) is 5.78 Å². The fourth-order valence-electron chi connectivity index (χ4n) is 3.84. The maximum absolute atomic E-state index is 13.4. The van der Waals surface area contributed by atoms with Crippen LogP contribution in [0.1, 0.15) is 31.8 Å². The van der Waals surface area contributed by atoms with Gasteiger partial charge in [-0.1, -0.05) is 52.3 Å². The Labute approximate surface area is 246 Å². The number of nitrogens with one attached hydrogen (secondary N) is 2. The highest BCUT2D eigenvalue weighted by atomic mass is 79.9. The first-order valence-corrected chi connectivity index (χ1v) is 13.3. The van der Waals surface area contributed by atoms with Gasteiger partial charge in [-0.25, -0.2) is 0 Å². The van der Waals surface area contributed by atoms with Crippen molar-refractivity contribution in [3.05, 3.63) is 136 Å². The highest BCUT2D eigenvalue weighted by Crippen LogP contribution is 2.26. The summed E-state index contributed by atoms with van der Waals surface area (Å²) in [6, 6.07) is 27.8. The molecule has 0 saturated heterocycles. The molecule has 2 N–H and O–H groups in total. The molecule has 0 heterocycles. The number of allylic oxidation sites excluding steroid dienone is 1. The Morgan fingerprint density at radius 2 is 1.54 bits per heavy atom. The van der Waals surface area contributed by atoms with Crippen LogP contribution in [0.2, 0.25) is 0 Å². The zero-order valence-corrected chi connectivity index (χ0v) is 24.0. The summed E-state index contributed by atoms with van der Waals surface area (Å²) in [5, 5.41) is 5.49. The van der Waals surface area contributed by atoms with Crippen LogP contribution in [0.3, 0.4) is 0 Å². The molecule has 4 aromatic rings.